The molecule has 68 valence electrons. The second-order valence-electron chi connectivity index (χ2n) is 2.35. The van der Waals surface area contributed by atoms with E-state index in [9.17, 15) is 0 Å². The molecule has 0 radical (unpaired) electrons. The topological polar surface area (TPSA) is 21.3 Å². The maximum atomic E-state index is 5.77. The number of nitrogens with one attached hydrogen (secondary N) is 1. The Balaban J connectivity index is 0.000000720. The van der Waals surface area contributed by atoms with Crippen molar-refractivity contribution in [1.29, 1.82) is 0 Å². The van der Waals surface area contributed by atoms with Crippen LogP contribution in [0.15, 0.2) is 12.1 Å². The van der Waals surface area contributed by atoms with Gasteiger partial charge in [0.15, 0.2) is 0 Å². The van der Waals surface area contributed by atoms with Crippen LogP contribution in [-0.4, -0.2) is 13.2 Å². The van der Waals surface area contributed by atoms with Crippen LogP contribution in [0.5, 0.6) is 0 Å². The minimum atomic E-state index is 0. The lowest BCUT2D eigenvalue weighted by Gasteiger charge is -2.05. The SMILES string of the molecule is Cl.Clc1ccc(C2NCCO2)s1. The van der Waals surface area contributed by atoms with Crippen molar-refractivity contribution >= 4 is 35.3 Å². The van der Waals surface area contributed by atoms with Crippen LogP contribution >= 0.6 is 35.3 Å². The van der Waals surface area contributed by atoms with Gasteiger partial charge >= 0.3 is 0 Å². The molecule has 1 atom stereocenters. The van der Waals surface area contributed by atoms with E-state index in [1.54, 1.807) is 11.3 Å². The fraction of sp³-hybridized carbons (Fsp3) is 0.429. The van der Waals surface area contributed by atoms with Crippen molar-refractivity contribution in [3.8, 4) is 0 Å². The average molecular weight is 226 g/mol. The third-order valence-corrected chi connectivity index (χ3v) is 2.84. The maximum absolute atomic E-state index is 5.77. The highest BCUT2D eigenvalue weighted by atomic mass is 35.5. The van der Waals surface area contributed by atoms with Gasteiger partial charge < -0.3 is 4.74 Å². The van der Waals surface area contributed by atoms with Crippen LogP contribution in [0.1, 0.15) is 11.1 Å². The highest BCUT2D eigenvalue weighted by molar-refractivity contribution is 7.16. The van der Waals surface area contributed by atoms with Gasteiger partial charge in [0, 0.05) is 11.4 Å². The lowest BCUT2D eigenvalue weighted by Crippen LogP contribution is -2.12. The third-order valence-electron chi connectivity index (χ3n) is 1.57. The summed E-state index contributed by atoms with van der Waals surface area (Å²) in [6.45, 7) is 1.72. The Bertz CT molecular complexity index is 247. The van der Waals surface area contributed by atoms with Crippen LogP contribution in [0.4, 0.5) is 0 Å². The Morgan fingerprint density at radius 3 is 2.92 bits per heavy atom. The summed E-state index contributed by atoms with van der Waals surface area (Å²) in [6.07, 6.45) is 0.0764. The molecule has 0 bridgehead atoms. The molecule has 1 aliphatic rings. The summed E-state index contributed by atoms with van der Waals surface area (Å²) in [4.78, 5) is 1.16. The number of hydrogen-bond donors (Lipinski definition) is 1. The van der Waals surface area contributed by atoms with Crippen molar-refractivity contribution in [2.45, 2.75) is 6.23 Å². The molecule has 2 heterocycles. The molecule has 1 N–H and O–H groups in total. The predicted molar refractivity (Wildman–Crippen MR) is 53.3 cm³/mol. The van der Waals surface area contributed by atoms with Crippen LogP contribution in [0.2, 0.25) is 4.34 Å². The largest absolute Gasteiger partial charge is 0.357 e. The van der Waals surface area contributed by atoms with E-state index in [4.69, 9.17) is 16.3 Å². The Labute approximate surface area is 86.3 Å². The first-order valence-electron chi connectivity index (χ1n) is 3.46. The number of thiophene rings is 1. The summed E-state index contributed by atoms with van der Waals surface area (Å²) in [5.41, 5.74) is 0. The van der Waals surface area contributed by atoms with Gasteiger partial charge in [-0.3, -0.25) is 5.32 Å². The minimum Gasteiger partial charge on any atom is -0.357 e. The van der Waals surface area contributed by atoms with E-state index in [1.165, 1.54) is 0 Å². The van der Waals surface area contributed by atoms with Crippen molar-refractivity contribution in [2.24, 2.45) is 0 Å². The van der Waals surface area contributed by atoms with Crippen molar-refractivity contribution in [1.82, 2.24) is 5.32 Å². The molecule has 1 aromatic rings. The molecule has 0 aliphatic carbocycles. The number of ether oxygens (including phenoxy) is 1. The number of rotatable bonds is 1. The zero-order valence-electron chi connectivity index (χ0n) is 6.25. The summed E-state index contributed by atoms with van der Waals surface area (Å²) in [7, 11) is 0. The second-order valence-corrected chi connectivity index (χ2v) is 4.09. The molecule has 1 saturated heterocycles. The molecule has 12 heavy (non-hydrogen) atoms. The lowest BCUT2D eigenvalue weighted by molar-refractivity contribution is 0.105. The third kappa shape index (κ3) is 2.12. The van der Waals surface area contributed by atoms with E-state index in [0.29, 0.717) is 0 Å². The average Bonchev–Trinajstić information content (AvgIpc) is 2.55. The number of halogens is 2. The van der Waals surface area contributed by atoms with Gasteiger partial charge in [-0.2, -0.15) is 0 Å². The van der Waals surface area contributed by atoms with Crippen LogP contribution in [0.25, 0.3) is 0 Å². The highest BCUT2D eigenvalue weighted by Gasteiger charge is 2.17. The quantitative estimate of drug-likeness (QED) is 0.794. The Kier molecular flexibility index (Phi) is 3.80. The van der Waals surface area contributed by atoms with Crippen molar-refractivity contribution in [3.05, 3.63) is 21.3 Å². The van der Waals surface area contributed by atoms with E-state index in [0.717, 1.165) is 22.4 Å². The fourth-order valence-electron chi connectivity index (χ4n) is 1.08. The normalized spacial score (nSPS) is 22.2. The fourth-order valence-corrected chi connectivity index (χ4v) is 2.16. The molecule has 1 aromatic heterocycles. The van der Waals surface area contributed by atoms with Crippen molar-refractivity contribution < 1.29 is 4.74 Å². The summed E-state index contributed by atoms with van der Waals surface area (Å²) in [5, 5.41) is 3.22. The van der Waals surface area contributed by atoms with Crippen molar-refractivity contribution in [2.75, 3.05) is 13.2 Å². The molecule has 0 spiro atoms. The van der Waals surface area contributed by atoms with E-state index in [1.807, 2.05) is 12.1 Å². The molecule has 0 aromatic carbocycles. The highest BCUT2D eigenvalue weighted by Crippen LogP contribution is 2.28. The summed E-state index contributed by atoms with van der Waals surface area (Å²) in [5.74, 6) is 0. The monoisotopic (exact) mass is 225 g/mol. The lowest BCUT2D eigenvalue weighted by atomic mass is 10.4. The number of hydrogen-bond acceptors (Lipinski definition) is 3. The van der Waals surface area contributed by atoms with Gasteiger partial charge in [-0.25, -0.2) is 0 Å². The Morgan fingerprint density at radius 2 is 2.42 bits per heavy atom. The standard InChI is InChI=1S/C7H8ClNOS.ClH/c8-6-2-1-5(11-6)7-9-3-4-10-7;/h1-2,7,9H,3-4H2;1H. The minimum absolute atomic E-state index is 0. The molecule has 0 saturated carbocycles. The zero-order chi connectivity index (χ0) is 7.68. The van der Waals surface area contributed by atoms with E-state index in [2.05, 4.69) is 5.32 Å². The first-order valence-corrected chi connectivity index (χ1v) is 4.66. The first kappa shape index (κ1) is 10.3. The molecule has 0 amide bonds. The molecule has 2 nitrogen and oxygen atoms in total. The van der Waals surface area contributed by atoms with Crippen LogP contribution in [-0.2, 0) is 4.74 Å². The molecule has 1 unspecified atom stereocenters. The first-order chi connectivity index (χ1) is 5.36. The van der Waals surface area contributed by atoms with Gasteiger partial charge in [-0.05, 0) is 12.1 Å². The van der Waals surface area contributed by atoms with Gasteiger partial charge in [0.1, 0.15) is 6.23 Å². The summed E-state index contributed by atoms with van der Waals surface area (Å²) < 4.78 is 6.21. The molecular formula is C7H9Cl2NOS. The smallest absolute Gasteiger partial charge is 0.143 e. The summed E-state index contributed by atoms with van der Waals surface area (Å²) in [6, 6.07) is 3.89. The van der Waals surface area contributed by atoms with Gasteiger partial charge in [0.25, 0.3) is 0 Å². The summed E-state index contributed by atoms with van der Waals surface area (Å²) >= 11 is 7.34. The van der Waals surface area contributed by atoms with Crippen molar-refractivity contribution in [3.63, 3.8) is 0 Å². The van der Waals surface area contributed by atoms with Crippen LogP contribution in [0, 0.1) is 0 Å². The molecule has 2 rings (SSSR count). The molecule has 5 heteroatoms. The van der Waals surface area contributed by atoms with E-state index < -0.39 is 0 Å². The Hall–Kier alpha value is 0.200. The zero-order valence-corrected chi connectivity index (χ0v) is 8.64. The van der Waals surface area contributed by atoms with Gasteiger partial charge in [0.05, 0.1) is 10.9 Å². The molecule has 1 fully saturated rings. The van der Waals surface area contributed by atoms with E-state index >= 15 is 0 Å². The van der Waals surface area contributed by atoms with Gasteiger partial charge in [0.2, 0.25) is 0 Å². The molecular weight excluding hydrogens is 217 g/mol. The Morgan fingerprint density at radius 1 is 1.58 bits per heavy atom. The predicted octanol–water partition coefficient (Wildman–Crippen LogP) is 2.44. The van der Waals surface area contributed by atoms with E-state index in [-0.39, 0.29) is 18.6 Å². The molecule has 1 aliphatic heterocycles. The maximum Gasteiger partial charge on any atom is 0.143 e. The van der Waals surface area contributed by atoms with Crippen LogP contribution in [0.3, 0.4) is 0 Å². The van der Waals surface area contributed by atoms with Gasteiger partial charge in [-0.1, -0.05) is 11.6 Å². The van der Waals surface area contributed by atoms with Crippen LogP contribution < -0.4 is 5.32 Å². The second kappa shape index (κ2) is 4.44. The van der Waals surface area contributed by atoms with Gasteiger partial charge in [-0.15, -0.1) is 23.7 Å².